The van der Waals surface area contributed by atoms with E-state index in [-0.39, 0.29) is 23.0 Å². The minimum atomic E-state index is -0.291. The van der Waals surface area contributed by atoms with E-state index in [0.29, 0.717) is 12.2 Å². The third-order valence-electron chi connectivity index (χ3n) is 3.37. The Balaban J connectivity index is 0.00000176. The summed E-state index contributed by atoms with van der Waals surface area (Å²) in [5.74, 6) is -0.291. The van der Waals surface area contributed by atoms with Gasteiger partial charge in [0.25, 0.3) is 0 Å². The van der Waals surface area contributed by atoms with Crippen molar-refractivity contribution in [1.29, 1.82) is 0 Å². The van der Waals surface area contributed by atoms with E-state index >= 15 is 0 Å². The normalized spacial score (nSPS) is 10.0. The molecule has 0 unspecified atom stereocenters. The van der Waals surface area contributed by atoms with Crippen LogP contribution in [0.3, 0.4) is 0 Å². The monoisotopic (exact) mass is 357 g/mol. The molecule has 0 N–H and O–H groups in total. The zero-order chi connectivity index (χ0) is 14.7. The van der Waals surface area contributed by atoms with Gasteiger partial charge in [-0.1, -0.05) is 18.2 Å². The van der Waals surface area contributed by atoms with Crippen LogP contribution in [0.4, 0.5) is 0 Å². The molecule has 4 heteroatoms. The Morgan fingerprint density at radius 2 is 1.73 bits per heavy atom. The molecule has 3 rings (SSSR count). The Hall–Kier alpha value is -2.20. The number of rotatable bonds is 3. The number of esters is 1. The first-order valence-corrected chi connectivity index (χ1v) is 6.97. The molecular weight excluding hydrogens is 342 g/mol. The van der Waals surface area contributed by atoms with Crippen LogP contribution in [0.15, 0.2) is 66.9 Å². The van der Waals surface area contributed by atoms with Gasteiger partial charge in [0.05, 0.1) is 6.61 Å². The number of pyridine rings is 2. The fourth-order valence-electron chi connectivity index (χ4n) is 2.43. The highest BCUT2D eigenvalue weighted by Crippen LogP contribution is 2.18. The Labute approximate surface area is 139 Å². The number of aromatic nitrogens is 1. The highest BCUT2D eigenvalue weighted by molar-refractivity contribution is 5.96. The standard InChI is InChI=1S/C18H16NO2.BrH/c1-2-21-18(20)15-11-12-16(14-8-4-3-5-9-14)19-13-7-6-10-17(15)19;/h3-13H,2H2,1H3;1H/q+1;/p-1. The predicted molar refractivity (Wildman–Crippen MR) is 81.0 cm³/mol. The smallest absolute Gasteiger partial charge is 0.344 e. The summed E-state index contributed by atoms with van der Waals surface area (Å²) in [6.07, 6.45) is 1.96. The molecule has 0 aliphatic heterocycles. The van der Waals surface area contributed by atoms with Crippen molar-refractivity contribution in [3.63, 3.8) is 0 Å². The van der Waals surface area contributed by atoms with E-state index in [0.717, 1.165) is 16.8 Å². The molecule has 0 spiro atoms. The number of hydrogen-bond donors (Lipinski definition) is 0. The van der Waals surface area contributed by atoms with Crippen molar-refractivity contribution in [3.05, 3.63) is 72.4 Å². The summed E-state index contributed by atoms with van der Waals surface area (Å²) >= 11 is 0. The lowest BCUT2D eigenvalue weighted by molar-refractivity contribution is -0.499. The molecule has 1 aromatic carbocycles. The number of halogens is 1. The Bertz CT molecular complexity index is 787. The highest BCUT2D eigenvalue weighted by atomic mass is 79.9. The first kappa shape index (κ1) is 16.2. The molecule has 2 heterocycles. The second-order valence-corrected chi connectivity index (χ2v) is 4.67. The fraction of sp³-hybridized carbons (Fsp3) is 0.111. The van der Waals surface area contributed by atoms with Gasteiger partial charge in [-0.15, -0.1) is 0 Å². The maximum atomic E-state index is 12.1. The van der Waals surface area contributed by atoms with Crippen LogP contribution in [0.1, 0.15) is 17.3 Å². The maximum Gasteiger partial charge on any atom is 0.344 e. The van der Waals surface area contributed by atoms with E-state index in [1.807, 2.05) is 66.1 Å². The molecule has 0 fully saturated rings. The molecule has 0 aliphatic carbocycles. The van der Waals surface area contributed by atoms with Crippen molar-refractivity contribution in [2.75, 3.05) is 6.61 Å². The third-order valence-corrected chi connectivity index (χ3v) is 3.37. The van der Waals surface area contributed by atoms with Crippen molar-refractivity contribution in [2.45, 2.75) is 6.92 Å². The SMILES string of the molecule is CCOC(=O)c1ccc(-c2ccccc2)[n+]2ccccc12.[Br-]. The van der Waals surface area contributed by atoms with Crippen LogP contribution < -0.4 is 21.4 Å². The topological polar surface area (TPSA) is 30.4 Å². The van der Waals surface area contributed by atoms with Crippen LogP contribution in [0.5, 0.6) is 0 Å². The van der Waals surface area contributed by atoms with Crippen molar-refractivity contribution in [2.24, 2.45) is 0 Å². The first-order valence-electron chi connectivity index (χ1n) is 6.97. The van der Waals surface area contributed by atoms with Crippen LogP contribution in [-0.2, 0) is 4.74 Å². The lowest BCUT2D eigenvalue weighted by Crippen LogP contribution is -3.00. The zero-order valence-electron chi connectivity index (χ0n) is 12.2. The molecule has 0 amide bonds. The molecule has 22 heavy (non-hydrogen) atoms. The summed E-state index contributed by atoms with van der Waals surface area (Å²) in [6, 6.07) is 19.7. The van der Waals surface area contributed by atoms with Gasteiger partial charge in [-0.05, 0) is 31.2 Å². The number of benzene rings is 1. The van der Waals surface area contributed by atoms with E-state index in [1.165, 1.54) is 0 Å². The molecule has 0 saturated carbocycles. The third kappa shape index (κ3) is 3.02. The summed E-state index contributed by atoms with van der Waals surface area (Å²) in [5, 5.41) is 0. The molecule has 0 atom stereocenters. The molecule has 3 aromatic rings. The van der Waals surface area contributed by atoms with Gasteiger partial charge in [-0.3, -0.25) is 0 Å². The van der Waals surface area contributed by atoms with Crippen molar-refractivity contribution in [1.82, 2.24) is 0 Å². The summed E-state index contributed by atoms with van der Waals surface area (Å²) in [4.78, 5) is 12.1. The quantitative estimate of drug-likeness (QED) is 0.497. The van der Waals surface area contributed by atoms with Gasteiger partial charge in [-0.2, -0.15) is 4.40 Å². The minimum Gasteiger partial charge on any atom is -1.00 e. The van der Waals surface area contributed by atoms with Gasteiger partial charge in [-0.25, -0.2) is 4.79 Å². The maximum absolute atomic E-state index is 12.1. The predicted octanol–water partition coefficient (Wildman–Crippen LogP) is 0.273. The van der Waals surface area contributed by atoms with Gasteiger partial charge in [0, 0.05) is 23.8 Å². The Morgan fingerprint density at radius 3 is 2.45 bits per heavy atom. The van der Waals surface area contributed by atoms with Crippen molar-refractivity contribution >= 4 is 11.5 Å². The Morgan fingerprint density at radius 1 is 1.00 bits per heavy atom. The van der Waals surface area contributed by atoms with Crippen LogP contribution in [0.25, 0.3) is 16.8 Å². The van der Waals surface area contributed by atoms with E-state index in [9.17, 15) is 4.79 Å². The van der Waals surface area contributed by atoms with Crippen molar-refractivity contribution < 1.29 is 30.9 Å². The molecule has 0 saturated heterocycles. The lowest BCUT2D eigenvalue weighted by atomic mass is 10.1. The summed E-state index contributed by atoms with van der Waals surface area (Å²) in [5.41, 5.74) is 3.57. The van der Waals surface area contributed by atoms with Gasteiger partial charge >= 0.3 is 5.97 Å². The van der Waals surface area contributed by atoms with Gasteiger partial charge < -0.3 is 21.7 Å². The zero-order valence-corrected chi connectivity index (χ0v) is 13.8. The summed E-state index contributed by atoms with van der Waals surface area (Å²) < 4.78 is 7.14. The molecule has 112 valence electrons. The second-order valence-electron chi connectivity index (χ2n) is 4.67. The number of hydrogen-bond acceptors (Lipinski definition) is 2. The Kier molecular flexibility index (Phi) is 5.28. The van der Waals surface area contributed by atoms with E-state index in [4.69, 9.17) is 4.74 Å². The molecule has 3 nitrogen and oxygen atoms in total. The number of carbonyl (C=O) groups is 1. The number of carbonyl (C=O) groups excluding carboxylic acids is 1. The van der Waals surface area contributed by atoms with Crippen molar-refractivity contribution in [3.8, 4) is 11.3 Å². The minimum absolute atomic E-state index is 0. The van der Waals surface area contributed by atoms with E-state index in [1.54, 1.807) is 0 Å². The van der Waals surface area contributed by atoms with Crippen LogP contribution >= 0.6 is 0 Å². The second kappa shape index (κ2) is 7.18. The lowest BCUT2D eigenvalue weighted by Gasteiger charge is -2.05. The average Bonchev–Trinajstić information content (AvgIpc) is 2.55. The molecular formula is C18H16BrNO2. The molecule has 0 radical (unpaired) electrons. The highest BCUT2D eigenvalue weighted by Gasteiger charge is 2.20. The largest absolute Gasteiger partial charge is 1.00 e. The molecule has 2 aromatic heterocycles. The van der Waals surface area contributed by atoms with E-state index < -0.39 is 0 Å². The average molecular weight is 358 g/mol. The van der Waals surface area contributed by atoms with Crippen LogP contribution in [0.2, 0.25) is 0 Å². The fourth-order valence-corrected chi connectivity index (χ4v) is 2.43. The van der Waals surface area contributed by atoms with Gasteiger partial charge in [0.1, 0.15) is 5.56 Å². The van der Waals surface area contributed by atoms with Crippen LogP contribution in [-0.4, -0.2) is 12.6 Å². The van der Waals surface area contributed by atoms with Gasteiger partial charge in [0.15, 0.2) is 6.20 Å². The molecule has 0 bridgehead atoms. The van der Waals surface area contributed by atoms with E-state index in [2.05, 4.69) is 12.1 Å². The van der Waals surface area contributed by atoms with Gasteiger partial charge in [0.2, 0.25) is 11.2 Å². The number of nitrogens with zero attached hydrogens (tertiary/aromatic N) is 1. The molecule has 0 aliphatic rings. The first-order chi connectivity index (χ1) is 10.3. The number of fused-ring (bicyclic) bond motifs is 1. The number of ether oxygens (including phenoxy) is 1. The van der Waals surface area contributed by atoms with Crippen LogP contribution in [0, 0.1) is 0 Å². The summed E-state index contributed by atoms with van der Waals surface area (Å²) in [7, 11) is 0. The summed E-state index contributed by atoms with van der Waals surface area (Å²) in [6.45, 7) is 2.18.